The molecule has 2 aromatic rings. The highest BCUT2D eigenvalue weighted by Crippen LogP contribution is 2.12. The number of rotatable bonds is 5. The van der Waals surface area contributed by atoms with E-state index in [9.17, 15) is 0 Å². The lowest BCUT2D eigenvalue weighted by molar-refractivity contribution is 0.406. The van der Waals surface area contributed by atoms with Crippen LogP contribution < -0.4 is 0 Å². The van der Waals surface area contributed by atoms with E-state index in [4.69, 9.17) is 0 Å². The number of halogens is 1. The highest BCUT2D eigenvalue weighted by molar-refractivity contribution is 9.10. The number of imidazole rings is 1. The molecule has 0 aliphatic heterocycles. The molecule has 1 aromatic carbocycles. The van der Waals surface area contributed by atoms with Gasteiger partial charge in [-0.1, -0.05) is 28.1 Å². The van der Waals surface area contributed by atoms with Crippen molar-refractivity contribution in [2.24, 2.45) is 0 Å². The lowest BCUT2D eigenvalue weighted by atomic mass is 10.2. The monoisotopic (exact) mass is 307 g/mol. The molecule has 0 aliphatic carbocycles. The van der Waals surface area contributed by atoms with Crippen LogP contribution in [-0.2, 0) is 13.0 Å². The fraction of sp³-hybridized carbons (Fsp3) is 0.357. The standard InChI is InChI=1S/C14H18BrN3/c1-17(2)9-7-14-16-8-10-18(14)11-12-3-5-13(15)6-4-12/h3-6,8,10H,7,9,11H2,1-2H3. The highest BCUT2D eigenvalue weighted by atomic mass is 79.9. The third-order valence-electron chi connectivity index (χ3n) is 2.85. The number of aromatic nitrogens is 2. The highest BCUT2D eigenvalue weighted by Gasteiger charge is 2.04. The molecule has 1 heterocycles. The summed E-state index contributed by atoms with van der Waals surface area (Å²) >= 11 is 3.45. The summed E-state index contributed by atoms with van der Waals surface area (Å²) in [5.74, 6) is 1.15. The molecule has 0 bridgehead atoms. The molecule has 4 heteroatoms. The summed E-state index contributed by atoms with van der Waals surface area (Å²) in [6.45, 7) is 1.91. The number of likely N-dealkylation sites (N-methyl/N-ethyl adjacent to an activating group) is 1. The van der Waals surface area contributed by atoms with E-state index in [1.165, 1.54) is 5.56 Å². The van der Waals surface area contributed by atoms with Crippen molar-refractivity contribution in [3.8, 4) is 0 Å². The van der Waals surface area contributed by atoms with Crippen LogP contribution in [0.4, 0.5) is 0 Å². The maximum absolute atomic E-state index is 4.43. The molecule has 1 aromatic heterocycles. The average molecular weight is 308 g/mol. The lowest BCUT2D eigenvalue weighted by Crippen LogP contribution is -2.17. The topological polar surface area (TPSA) is 21.1 Å². The molecule has 0 N–H and O–H groups in total. The molecular formula is C14H18BrN3. The molecule has 0 radical (unpaired) electrons. The zero-order valence-electron chi connectivity index (χ0n) is 10.8. The number of benzene rings is 1. The van der Waals surface area contributed by atoms with Crippen LogP contribution in [0.15, 0.2) is 41.1 Å². The predicted molar refractivity (Wildman–Crippen MR) is 77.7 cm³/mol. The zero-order chi connectivity index (χ0) is 13.0. The van der Waals surface area contributed by atoms with Gasteiger partial charge in [0.15, 0.2) is 0 Å². The molecular weight excluding hydrogens is 290 g/mol. The van der Waals surface area contributed by atoms with Crippen molar-refractivity contribution in [3.05, 3.63) is 52.5 Å². The average Bonchev–Trinajstić information content (AvgIpc) is 2.77. The van der Waals surface area contributed by atoms with E-state index in [0.29, 0.717) is 0 Å². The van der Waals surface area contributed by atoms with E-state index in [0.717, 1.165) is 29.8 Å². The minimum atomic E-state index is 0.885. The van der Waals surface area contributed by atoms with Gasteiger partial charge in [-0.2, -0.15) is 0 Å². The van der Waals surface area contributed by atoms with Crippen molar-refractivity contribution in [2.75, 3.05) is 20.6 Å². The SMILES string of the molecule is CN(C)CCc1nccn1Cc1ccc(Br)cc1. The molecule has 96 valence electrons. The van der Waals surface area contributed by atoms with Crippen LogP contribution in [0.1, 0.15) is 11.4 Å². The van der Waals surface area contributed by atoms with Crippen LogP contribution in [0, 0.1) is 0 Å². The van der Waals surface area contributed by atoms with Gasteiger partial charge < -0.3 is 9.47 Å². The zero-order valence-corrected chi connectivity index (χ0v) is 12.4. The Labute approximate surface area is 117 Å². The van der Waals surface area contributed by atoms with E-state index in [1.54, 1.807) is 0 Å². The summed E-state index contributed by atoms with van der Waals surface area (Å²) in [4.78, 5) is 6.61. The van der Waals surface area contributed by atoms with Crippen molar-refractivity contribution >= 4 is 15.9 Å². The van der Waals surface area contributed by atoms with Gasteiger partial charge in [0.25, 0.3) is 0 Å². The van der Waals surface area contributed by atoms with Gasteiger partial charge in [-0.3, -0.25) is 0 Å². The van der Waals surface area contributed by atoms with Gasteiger partial charge in [-0.15, -0.1) is 0 Å². The van der Waals surface area contributed by atoms with E-state index in [1.807, 2.05) is 12.4 Å². The molecule has 0 fully saturated rings. The fourth-order valence-corrected chi connectivity index (χ4v) is 2.09. The van der Waals surface area contributed by atoms with Crippen molar-refractivity contribution in [3.63, 3.8) is 0 Å². The Bertz CT molecular complexity index is 488. The summed E-state index contributed by atoms with van der Waals surface area (Å²) in [6, 6.07) is 8.43. The summed E-state index contributed by atoms with van der Waals surface area (Å²) in [6.07, 6.45) is 4.91. The third kappa shape index (κ3) is 3.68. The van der Waals surface area contributed by atoms with Gasteiger partial charge in [0.2, 0.25) is 0 Å². The molecule has 3 nitrogen and oxygen atoms in total. The summed E-state index contributed by atoms with van der Waals surface area (Å²) < 4.78 is 3.33. The van der Waals surface area contributed by atoms with Gasteiger partial charge in [-0.05, 0) is 31.8 Å². The van der Waals surface area contributed by atoms with E-state index >= 15 is 0 Å². The van der Waals surface area contributed by atoms with Gasteiger partial charge in [0, 0.05) is 36.4 Å². The Hall–Kier alpha value is -1.13. The van der Waals surface area contributed by atoms with Crippen LogP contribution in [-0.4, -0.2) is 35.1 Å². The Kier molecular flexibility index (Phi) is 4.55. The third-order valence-corrected chi connectivity index (χ3v) is 3.38. The molecule has 0 spiro atoms. The molecule has 0 atom stereocenters. The molecule has 0 saturated carbocycles. The Morgan fingerprint density at radius 2 is 1.94 bits per heavy atom. The normalized spacial score (nSPS) is 11.1. The first-order valence-corrected chi connectivity index (χ1v) is 6.83. The second-order valence-corrected chi connectivity index (χ2v) is 5.57. The Morgan fingerprint density at radius 1 is 1.22 bits per heavy atom. The second kappa shape index (κ2) is 6.16. The van der Waals surface area contributed by atoms with Gasteiger partial charge in [0.05, 0.1) is 0 Å². The first-order chi connectivity index (χ1) is 8.65. The summed E-state index contributed by atoms with van der Waals surface area (Å²) in [5, 5.41) is 0. The number of nitrogens with zero attached hydrogens (tertiary/aromatic N) is 3. The summed E-state index contributed by atoms with van der Waals surface area (Å²) in [7, 11) is 4.17. The van der Waals surface area contributed by atoms with Crippen LogP contribution in [0.3, 0.4) is 0 Å². The predicted octanol–water partition coefficient (Wildman–Crippen LogP) is 2.80. The molecule has 0 aliphatic rings. The smallest absolute Gasteiger partial charge is 0.110 e. The van der Waals surface area contributed by atoms with Crippen LogP contribution >= 0.6 is 15.9 Å². The van der Waals surface area contributed by atoms with Crippen LogP contribution in [0.25, 0.3) is 0 Å². The van der Waals surface area contributed by atoms with Crippen LogP contribution in [0.2, 0.25) is 0 Å². The van der Waals surface area contributed by atoms with Crippen molar-refractivity contribution in [2.45, 2.75) is 13.0 Å². The minimum absolute atomic E-state index is 0.885. The number of hydrogen-bond acceptors (Lipinski definition) is 2. The largest absolute Gasteiger partial charge is 0.330 e. The molecule has 2 rings (SSSR count). The molecule has 18 heavy (non-hydrogen) atoms. The van der Waals surface area contributed by atoms with Crippen molar-refractivity contribution < 1.29 is 0 Å². The maximum atomic E-state index is 4.43. The van der Waals surface area contributed by atoms with Gasteiger partial charge in [-0.25, -0.2) is 4.98 Å². The van der Waals surface area contributed by atoms with E-state index in [2.05, 4.69) is 68.7 Å². The first kappa shape index (κ1) is 13.3. The number of hydrogen-bond donors (Lipinski definition) is 0. The molecule has 0 unspecified atom stereocenters. The Balaban J connectivity index is 2.05. The van der Waals surface area contributed by atoms with Crippen molar-refractivity contribution in [1.82, 2.24) is 14.5 Å². The van der Waals surface area contributed by atoms with Crippen LogP contribution in [0.5, 0.6) is 0 Å². The molecule has 0 saturated heterocycles. The second-order valence-electron chi connectivity index (χ2n) is 4.65. The van der Waals surface area contributed by atoms with Gasteiger partial charge in [0.1, 0.15) is 5.82 Å². The Morgan fingerprint density at radius 3 is 2.61 bits per heavy atom. The van der Waals surface area contributed by atoms with E-state index in [-0.39, 0.29) is 0 Å². The summed E-state index contributed by atoms with van der Waals surface area (Å²) in [5.41, 5.74) is 1.29. The van der Waals surface area contributed by atoms with Crippen molar-refractivity contribution in [1.29, 1.82) is 0 Å². The van der Waals surface area contributed by atoms with E-state index < -0.39 is 0 Å². The molecule has 0 amide bonds. The fourth-order valence-electron chi connectivity index (χ4n) is 1.82. The van der Waals surface area contributed by atoms with Gasteiger partial charge >= 0.3 is 0 Å². The minimum Gasteiger partial charge on any atom is -0.330 e. The first-order valence-electron chi connectivity index (χ1n) is 6.04. The maximum Gasteiger partial charge on any atom is 0.110 e. The lowest BCUT2D eigenvalue weighted by Gasteiger charge is -2.11. The quantitative estimate of drug-likeness (QED) is 0.847.